The van der Waals surface area contributed by atoms with E-state index in [1.54, 1.807) is 18.2 Å². The lowest BCUT2D eigenvalue weighted by atomic mass is 9.98. The Morgan fingerprint density at radius 2 is 2.13 bits per heavy atom. The second kappa shape index (κ2) is 6.02. The molecule has 3 N–H and O–H groups in total. The number of nitrogens with zero attached hydrogens (tertiary/aromatic N) is 1. The van der Waals surface area contributed by atoms with E-state index in [2.05, 4.69) is 5.32 Å². The van der Waals surface area contributed by atoms with E-state index in [1.807, 2.05) is 4.90 Å². The van der Waals surface area contributed by atoms with Gasteiger partial charge in [-0.05, 0) is 42.9 Å². The lowest BCUT2D eigenvalue weighted by Gasteiger charge is -2.21. The third-order valence-corrected chi connectivity index (χ3v) is 5.06. The van der Waals surface area contributed by atoms with Crippen molar-refractivity contribution in [1.29, 1.82) is 0 Å². The van der Waals surface area contributed by atoms with Crippen LogP contribution in [0.3, 0.4) is 0 Å². The van der Waals surface area contributed by atoms with Crippen LogP contribution in [0, 0.1) is 11.8 Å². The summed E-state index contributed by atoms with van der Waals surface area (Å²) in [5, 5.41) is 2.74. The quantitative estimate of drug-likeness (QED) is 0.807. The van der Waals surface area contributed by atoms with Crippen molar-refractivity contribution in [2.24, 2.45) is 17.6 Å². The Morgan fingerprint density at radius 3 is 2.91 bits per heavy atom. The number of ether oxygens (including phenoxy) is 1. The number of hydrogen-bond donors (Lipinski definition) is 2. The molecule has 1 aliphatic carbocycles. The van der Waals surface area contributed by atoms with Gasteiger partial charge in [-0.25, -0.2) is 0 Å². The molecule has 23 heavy (non-hydrogen) atoms. The van der Waals surface area contributed by atoms with Gasteiger partial charge in [0.15, 0.2) is 6.61 Å². The van der Waals surface area contributed by atoms with Crippen LogP contribution < -0.4 is 15.8 Å². The highest BCUT2D eigenvalue weighted by molar-refractivity contribution is 6.00. The fourth-order valence-corrected chi connectivity index (χ4v) is 3.87. The van der Waals surface area contributed by atoms with E-state index < -0.39 is 0 Å². The summed E-state index contributed by atoms with van der Waals surface area (Å²) >= 11 is 0. The molecule has 2 fully saturated rings. The Balaban J connectivity index is 0.00000156. The SMILES string of the molecule is Cl.NC1CCC2CN(C(=O)c3ccc4c(c3)NC(=O)CO4)CC12. The maximum atomic E-state index is 12.7. The number of likely N-dealkylation sites (tertiary alicyclic amines) is 1. The molecule has 4 rings (SSSR count). The molecule has 7 heteroatoms. The number of nitrogens with two attached hydrogens (primary N) is 1. The van der Waals surface area contributed by atoms with Gasteiger partial charge in [0.1, 0.15) is 5.75 Å². The van der Waals surface area contributed by atoms with Crippen molar-refractivity contribution in [2.45, 2.75) is 18.9 Å². The van der Waals surface area contributed by atoms with Crippen LogP contribution in [0.4, 0.5) is 5.69 Å². The number of carbonyl (C=O) groups excluding carboxylic acids is 2. The third-order valence-electron chi connectivity index (χ3n) is 5.06. The number of anilines is 1. The molecule has 1 aromatic rings. The van der Waals surface area contributed by atoms with Crippen molar-refractivity contribution in [3.05, 3.63) is 23.8 Å². The summed E-state index contributed by atoms with van der Waals surface area (Å²) in [7, 11) is 0. The minimum Gasteiger partial charge on any atom is -0.482 e. The topological polar surface area (TPSA) is 84.7 Å². The zero-order chi connectivity index (χ0) is 15.3. The van der Waals surface area contributed by atoms with Crippen LogP contribution in [0.25, 0.3) is 0 Å². The van der Waals surface area contributed by atoms with E-state index in [0.717, 1.165) is 25.9 Å². The van der Waals surface area contributed by atoms with E-state index in [0.29, 0.717) is 28.8 Å². The molecule has 2 aliphatic heterocycles. The number of carbonyl (C=O) groups is 2. The molecule has 124 valence electrons. The standard InChI is InChI=1S/C16H19N3O3.ClH/c17-12-3-1-10-6-19(7-11(10)12)16(21)9-2-4-14-13(5-9)18-15(20)8-22-14;/h2,4-5,10-12H,1,3,6-8,17H2,(H,18,20);1H. The molecule has 1 saturated heterocycles. The smallest absolute Gasteiger partial charge is 0.262 e. The summed E-state index contributed by atoms with van der Waals surface area (Å²) in [6.45, 7) is 1.55. The molecule has 1 aromatic carbocycles. The first-order valence-electron chi connectivity index (χ1n) is 7.73. The fraction of sp³-hybridized carbons (Fsp3) is 0.500. The Labute approximate surface area is 140 Å². The van der Waals surface area contributed by atoms with Crippen molar-refractivity contribution in [3.8, 4) is 5.75 Å². The zero-order valence-corrected chi connectivity index (χ0v) is 13.5. The van der Waals surface area contributed by atoms with Crippen LogP contribution in [0.1, 0.15) is 23.2 Å². The Bertz CT molecular complexity index is 651. The van der Waals surface area contributed by atoms with Crippen LogP contribution in [0.2, 0.25) is 0 Å². The minimum atomic E-state index is -0.196. The maximum absolute atomic E-state index is 12.7. The summed E-state index contributed by atoms with van der Waals surface area (Å²) in [6, 6.07) is 5.42. The summed E-state index contributed by atoms with van der Waals surface area (Å²) in [5.41, 5.74) is 7.27. The molecule has 3 unspecified atom stereocenters. The van der Waals surface area contributed by atoms with Gasteiger partial charge >= 0.3 is 0 Å². The first kappa shape index (κ1) is 16.1. The van der Waals surface area contributed by atoms with E-state index in [4.69, 9.17) is 10.5 Å². The number of amides is 2. The van der Waals surface area contributed by atoms with Gasteiger partial charge in [-0.15, -0.1) is 12.4 Å². The van der Waals surface area contributed by atoms with Crippen LogP contribution >= 0.6 is 12.4 Å². The minimum absolute atomic E-state index is 0. The number of fused-ring (bicyclic) bond motifs is 2. The van der Waals surface area contributed by atoms with Gasteiger partial charge in [-0.3, -0.25) is 9.59 Å². The molecule has 3 atom stereocenters. The van der Waals surface area contributed by atoms with Gasteiger partial charge in [0, 0.05) is 24.7 Å². The second-order valence-corrected chi connectivity index (χ2v) is 6.42. The molecular formula is C16H20ClN3O3. The van der Waals surface area contributed by atoms with Crippen molar-refractivity contribution in [1.82, 2.24) is 4.90 Å². The molecule has 6 nitrogen and oxygen atoms in total. The summed E-state index contributed by atoms with van der Waals surface area (Å²) < 4.78 is 5.32. The van der Waals surface area contributed by atoms with Crippen molar-refractivity contribution in [3.63, 3.8) is 0 Å². The number of rotatable bonds is 1. The average molecular weight is 338 g/mol. The van der Waals surface area contributed by atoms with Gasteiger partial charge in [0.2, 0.25) is 0 Å². The molecular weight excluding hydrogens is 318 g/mol. The number of benzene rings is 1. The highest BCUT2D eigenvalue weighted by Crippen LogP contribution is 2.38. The van der Waals surface area contributed by atoms with Gasteiger partial charge in [-0.1, -0.05) is 0 Å². The predicted molar refractivity (Wildman–Crippen MR) is 87.9 cm³/mol. The molecule has 2 heterocycles. The number of halogens is 1. The summed E-state index contributed by atoms with van der Waals surface area (Å²) in [4.78, 5) is 26.0. The maximum Gasteiger partial charge on any atom is 0.262 e. The van der Waals surface area contributed by atoms with Crippen LogP contribution in [-0.4, -0.2) is 42.5 Å². The Hall–Kier alpha value is -1.79. The molecule has 0 radical (unpaired) electrons. The van der Waals surface area contributed by atoms with Crippen molar-refractivity contribution < 1.29 is 14.3 Å². The molecule has 3 aliphatic rings. The number of hydrogen-bond acceptors (Lipinski definition) is 4. The molecule has 1 saturated carbocycles. The molecule has 2 amide bonds. The van der Waals surface area contributed by atoms with Gasteiger partial charge in [0.25, 0.3) is 11.8 Å². The largest absolute Gasteiger partial charge is 0.482 e. The van der Waals surface area contributed by atoms with E-state index >= 15 is 0 Å². The predicted octanol–water partition coefficient (Wildman–Crippen LogP) is 1.25. The van der Waals surface area contributed by atoms with Gasteiger partial charge in [0.05, 0.1) is 5.69 Å². The molecule has 0 spiro atoms. The highest BCUT2D eigenvalue weighted by atomic mass is 35.5. The number of nitrogens with one attached hydrogen (secondary N) is 1. The Morgan fingerprint density at radius 1 is 1.30 bits per heavy atom. The molecule has 0 bridgehead atoms. The van der Waals surface area contributed by atoms with Gasteiger partial charge in [-0.2, -0.15) is 0 Å². The summed E-state index contributed by atoms with van der Waals surface area (Å²) in [5.74, 6) is 1.39. The van der Waals surface area contributed by atoms with Crippen LogP contribution in [0.5, 0.6) is 5.75 Å². The second-order valence-electron chi connectivity index (χ2n) is 6.42. The third kappa shape index (κ3) is 2.77. The van der Waals surface area contributed by atoms with Crippen molar-refractivity contribution >= 4 is 29.9 Å². The van der Waals surface area contributed by atoms with E-state index in [-0.39, 0.29) is 36.9 Å². The van der Waals surface area contributed by atoms with Crippen LogP contribution in [0.15, 0.2) is 18.2 Å². The summed E-state index contributed by atoms with van der Waals surface area (Å²) in [6.07, 6.45) is 2.18. The zero-order valence-electron chi connectivity index (χ0n) is 12.7. The highest BCUT2D eigenvalue weighted by Gasteiger charge is 2.42. The Kier molecular flexibility index (Phi) is 4.21. The average Bonchev–Trinajstić information content (AvgIpc) is 3.08. The first-order valence-corrected chi connectivity index (χ1v) is 7.73. The normalized spacial score (nSPS) is 28.3. The van der Waals surface area contributed by atoms with E-state index in [1.165, 1.54) is 0 Å². The van der Waals surface area contributed by atoms with E-state index in [9.17, 15) is 9.59 Å². The van der Waals surface area contributed by atoms with Crippen LogP contribution in [-0.2, 0) is 4.79 Å². The van der Waals surface area contributed by atoms with Gasteiger partial charge < -0.3 is 20.7 Å². The lowest BCUT2D eigenvalue weighted by molar-refractivity contribution is -0.118. The van der Waals surface area contributed by atoms with Crippen molar-refractivity contribution in [2.75, 3.05) is 25.0 Å². The lowest BCUT2D eigenvalue weighted by Crippen LogP contribution is -2.33. The fourth-order valence-electron chi connectivity index (χ4n) is 3.87. The monoisotopic (exact) mass is 337 g/mol. The first-order chi connectivity index (χ1) is 10.6. The molecule has 0 aromatic heterocycles.